The number of nitrogens with zero attached hydrogens (tertiary/aromatic N) is 4. The van der Waals surface area contributed by atoms with Gasteiger partial charge in [-0.25, -0.2) is 4.98 Å². The molecule has 1 aromatic heterocycles. The Bertz CT molecular complexity index is 601. The molecule has 25 heavy (non-hydrogen) atoms. The van der Waals surface area contributed by atoms with Crippen LogP contribution < -0.4 is 0 Å². The summed E-state index contributed by atoms with van der Waals surface area (Å²) >= 11 is 0. The zero-order valence-corrected chi connectivity index (χ0v) is 15.2. The summed E-state index contributed by atoms with van der Waals surface area (Å²) in [6, 6.07) is -0.117. The molecule has 1 aromatic rings. The summed E-state index contributed by atoms with van der Waals surface area (Å²) in [5, 5.41) is 0. The molecule has 3 rings (SSSR count). The lowest BCUT2D eigenvalue weighted by Gasteiger charge is -2.39. The molecule has 0 bridgehead atoms. The number of hydrogen-bond acceptors (Lipinski definition) is 5. The maximum atomic E-state index is 12.7. The summed E-state index contributed by atoms with van der Waals surface area (Å²) in [6.07, 6.45) is 5.43. The maximum absolute atomic E-state index is 12.7. The minimum absolute atomic E-state index is 0.0692. The molecule has 138 valence electrons. The molecule has 0 saturated carbocycles. The quantitative estimate of drug-likeness (QED) is 0.822. The van der Waals surface area contributed by atoms with E-state index in [0.29, 0.717) is 44.1 Å². The Morgan fingerprint density at radius 3 is 2.40 bits per heavy atom. The van der Waals surface area contributed by atoms with Crippen LogP contribution in [0.2, 0.25) is 0 Å². The highest BCUT2D eigenvalue weighted by molar-refractivity contribution is 5.93. The standard InChI is InChI=1S/C18H28N4O3/c1-3-15-16(19-13-25-15)18(24)22-11-9-20(10-12-22)14(2)17(23)21-7-5-4-6-8-21/h13-14H,3-12H2,1-2H3. The van der Waals surface area contributed by atoms with Gasteiger partial charge in [0.15, 0.2) is 12.1 Å². The molecule has 7 nitrogen and oxygen atoms in total. The molecule has 0 radical (unpaired) electrons. The van der Waals surface area contributed by atoms with Gasteiger partial charge >= 0.3 is 0 Å². The first kappa shape index (κ1) is 17.9. The monoisotopic (exact) mass is 348 g/mol. The number of carbonyl (C=O) groups is 2. The van der Waals surface area contributed by atoms with E-state index in [4.69, 9.17) is 4.42 Å². The van der Waals surface area contributed by atoms with E-state index in [1.165, 1.54) is 12.8 Å². The topological polar surface area (TPSA) is 69.9 Å². The van der Waals surface area contributed by atoms with Crippen LogP contribution in [-0.2, 0) is 11.2 Å². The van der Waals surface area contributed by atoms with Gasteiger partial charge in [0.1, 0.15) is 5.76 Å². The van der Waals surface area contributed by atoms with Gasteiger partial charge < -0.3 is 14.2 Å². The van der Waals surface area contributed by atoms with Crippen LogP contribution in [0.25, 0.3) is 0 Å². The molecule has 0 aromatic carbocycles. The van der Waals surface area contributed by atoms with E-state index in [2.05, 4.69) is 9.88 Å². The fourth-order valence-electron chi connectivity index (χ4n) is 3.69. The van der Waals surface area contributed by atoms with Crippen LogP contribution in [0.15, 0.2) is 10.8 Å². The second kappa shape index (κ2) is 7.99. The Kier molecular flexibility index (Phi) is 5.73. The first-order valence-electron chi connectivity index (χ1n) is 9.36. The molecule has 2 fully saturated rings. The predicted molar refractivity (Wildman–Crippen MR) is 93.3 cm³/mol. The number of aromatic nitrogens is 1. The number of hydrogen-bond donors (Lipinski definition) is 0. The second-order valence-electron chi connectivity index (χ2n) is 6.87. The summed E-state index contributed by atoms with van der Waals surface area (Å²) in [4.78, 5) is 35.3. The third kappa shape index (κ3) is 3.86. The van der Waals surface area contributed by atoms with Gasteiger partial charge in [-0.15, -0.1) is 0 Å². The van der Waals surface area contributed by atoms with E-state index in [9.17, 15) is 9.59 Å². The lowest BCUT2D eigenvalue weighted by atomic mass is 10.1. The molecule has 2 saturated heterocycles. The SMILES string of the molecule is CCc1ocnc1C(=O)N1CCN(C(C)C(=O)N2CCCCC2)CC1. The number of piperazine rings is 1. The van der Waals surface area contributed by atoms with E-state index in [-0.39, 0.29) is 17.9 Å². The van der Waals surface area contributed by atoms with Gasteiger partial charge in [0.05, 0.1) is 6.04 Å². The molecule has 2 aliphatic rings. The van der Waals surface area contributed by atoms with E-state index in [1.54, 1.807) is 0 Å². The molecule has 2 aliphatic heterocycles. The average molecular weight is 348 g/mol. The summed E-state index contributed by atoms with van der Waals surface area (Å²) < 4.78 is 5.26. The van der Waals surface area contributed by atoms with Crippen molar-refractivity contribution in [2.24, 2.45) is 0 Å². The van der Waals surface area contributed by atoms with Crippen LogP contribution in [-0.4, -0.2) is 76.8 Å². The number of oxazole rings is 1. The highest BCUT2D eigenvalue weighted by Crippen LogP contribution is 2.16. The van der Waals surface area contributed by atoms with E-state index in [1.807, 2.05) is 23.6 Å². The van der Waals surface area contributed by atoms with Crippen LogP contribution in [0.5, 0.6) is 0 Å². The lowest BCUT2D eigenvalue weighted by Crippen LogP contribution is -2.56. The van der Waals surface area contributed by atoms with Crippen molar-refractivity contribution in [3.8, 4) is 0 Å². The second-order valence-corrected chi connectivity index (χ2v) is 6.87. The van der Waals surface area contributed by atoms with Crippen molar-refractivity contribution in [1.29, 1.82) is 0 Å². The first-order valence-corrected chi connectivity index (χ1v) is 9.36. The zero-order chi connectivity index (χ0) is 17.8. The van der Waals surface area contributed by atoms with Crippen molar-refractivity contribution in [3.63, 3.8) is 0 Å². The average Bonchev–Trinajstić information content (AvgIpc) is 3.16. The summed E-state index contributed by atoms with van der Waals surface area (Å²) in [7, 11) is 0. The van der Waals surface area contributed by atoms with Gasteiger partial charge in [0, 0.05) is 45.7 Å². The van der Waals surface area contributed by atoms with Crippen LogP contribution in [0.3, 0.4) is 0 Å². The molecular weight excluding hydrogens is 320 g/mol. The van der Waals surface area contributed by atoms with E-state index >= 15 is 0 Å². The van der Waals surface area contributed by atoms with E-state index < -0.39 is 0 Å². The van der Waals surface area contributed by atoms with Gasteiger partial charge in [-0.1, -0.05) is 6.92 Å². The number of piperidine rings is 1. The molecular formula is C18H28N4O3. The van der Waals surface area contributed by atoms with Crippen LogP contribution in [0.1, 0.15) is 49.4 Å². The van der Waals surface area contributed by atoms with Crippen molar-refractivity contribution in [2.75, 3.05) is 39.3 Å². The van der Waals surface area contributed by atoms with E-state index in [0.717, 1.165) is 25.9 Å². The van der Waals surface area contributed by atoms with Gasteiger partial charge in [0.25, 0.3) is 5.91 Å². The van der Waals surface area contributed by atoms with Gasteiger partial charge in [-0.3, -0.25) is 14.5 Å². The smallest absolute Gasteiger partial charge is 0.276 e. The molecule has 1 atom stereocenters. The fraction of sp³-hybridized carbons (Fsp3) is 0.722. The minimum Gasteiger partial charge on any atom is -0.448 e. The number of aryl methyl sites for hydroxylation is 1. The third-order valence-electron chi connectivity index (χ3n) is 5.34. The predicted octanol–water partition coefficient (Wildman–Crippen LogP) is 1.40. The first-order chi connectivity index (χ1) is 12.1. The Balaban J connectivity index is 1.54. The largest absolute Gasteiger partial charge is 0.448 e. The molecule has 7 heteroatoms. The van der Waals surface area contributed by atoms with Crippen molar-refractivity contribution < 1.29 is 14.0 Å². The lowest BCUT2D eigenvalue weighted by molar-refractivity contribution is -0.137. The molecule has 0 N–H and O–H groups in total. The zero-order valence-electron chi connectivity index (χ0n) is 15.2. The molecule has 3 heterocycles. The van der Waals surface area contributed by atoms with Gasteiger partial charge in [0.2, 0.25) is 5.91 Å². The van der Waals surface area contributed by atoms with Crippen LogP contribution in [0.4, 0.5) is 0 Å². The Hall–Kier alpha value is -1.89. The third-order valence-corrected chi connectivity index (χ3v) is 5.34. The highest BCUT2D eigenvalue weighted by atomic mass is 16.3. The van der Waals surface area contributed by atoms with Gasteiger partial charge in [-0.05, 0) is 26.2 Å². The van der Waals surface area contributed by atoms with Crippen molar-refractivity contribution in [3.05, 3.63) is 17.8 Å². The molecule has 0 aliphatic carbocycles. The van der Waals surface area contributed by atoms with Crippen LogP contribution in [0, 0.1) is 0 Å². The number of rotatable bonds is 4. The van der Waals surface area contributed by atoms with Gasteiger partial charge in [-0.2, -0.15) is 0 Å². The molecule has 2 amide bonds. The Morgan fingerprint density at radius 1 is 1.08 bits per heavy atom. The maximum Gasteiger partial charge on any atom is 0.276 e. The highest BCUT2D eigenvalue weighted by Gasteiger charge is 2.31. The van der Waals surface area contributed by atoms with Crippen molar-refractivity contribution in [1.82, 2.24) is 19.7 Å². The molecule has 0 spiro atoms. The fourth-order valence-corrected chi connectivity index (χ4v) is 3.69. The van der Waals surface area contributed by atoms with Crippen LogP contribution >= 0.6 is 0 Å². The normalized spacial score (nSPS) is 20.6. The number of likely N-dealkylation sites (tertiary alicyclic amines) is 1. The van der Waals surface area contributed by atoms with Crippen molar-refractivity contribution >= 4 is 11.8 Å². The number of carbonyl (C=O) groups excluding carboxylic acids is 2. The summed E-state index contributed by atoms with van der Waals surface area (Å²) in [5.74, 6) is 0.797. The van der Waals surface area contributed by atoms with Crippen molar-refractivity contribution in [2.45, 2.75) is 45.6 Å². The summed E-state index contributed by atoms with van der Waals surface area (Å²) in [5.41, 5.74) is 0.424. The molecule has 1 unspecified atom stereocenters. The number of amides is 2. The Labute approximate surface area is 149 Å². The minimum atomic E-state index is -0.117. The Morgan fingerprint density at radius 2 is 1.76 bits per heavy atom. The summed E-state index contributed by atoms with van der Waals surface area (Å²) in [6.45, 7) is 8.36.